The Morgan fingerprint density at radius 1 is 0.971 bits per heavy atom. The lowest BCUT2D eigenvalue weighted by Crippen LogP contribution is -2.50. The minimum atomic E-state index is -4.76. The van der Waals surface area contributed by atoms with Gasteiger partial charge in [-0.15, -0.1) is 0 Å². The zero-order valence-corrected chi connectivity index (χ0v) is 19.1. The number of rotatable bonds is 4. The van der Waals surface area contributed by atoms with Crippen molar-refractivity contribution in [3.05, 3.63) is 99.3 Å². The van der Waals surface area contributed by atoms with Crippen molar-refractivity contribution in [1.29, 1.82) is 0 Å². The van der Waals surface area contributed by atoms with Gasteiger partial charge in [0.05, 0.1) is 21.4 Å². The summed E-state index contributed by atoms with van der Waals surface area (Å²) < 4.78 is 55.1. The number of fused-ring (bicyclic) bond motifs is 1. The zero-order valence-electron chi connectivity index (χ0n) is 17.6. The van der Waals surface area contributed by atoms with E-state index in [1.807, 2.05) is 0 Å². The largest absolute Gasteiger partial charge is 0.406 e. The maximum absolute atomic E-state index is 14.7. The first-order valence-corrected chi connectivity index (χ1v) is 10.9. The Balaban J connectivity index is 1.85. The minimum Gasteiger partial charge on any atom is -0.322 e. The molecule has 1 aliphatic rings. The van der Waals surface area contributed by atoms with E-state index in [0.29, 0.717) is 4.90 Å². The molecule has 35 heavy (non-hydrogen) atoms. The highest BCUT2D eigenvalue weighted by molar-refractivity contribution is 6.42. The molecule has 5 nitrogen and oxygen atoms in total. The highest BCUT2D eigenvalue weighted by Crippen LogP contribution is 2.31. The average Bonchev–Trinajstić information content (AvgIpc) is 2.91. The Kier molecular flexibility index (Phi) is 6.82. The fraction of sp³-hybridized carbons (Fsp3) is 0.125. The third kappa shape index (κ3) is 5.31. The van der Waals surface area contributed by atoms with Gasteiger partial charge in [-0.3, -0.25) is 14.5 Å². The quantitative estimate of drug-likeness (QED) is 0.450. The Labute approximate surface area is 207 Å². The number of nitrogens with zero attached hydrogens (tertiary/aromatic N) is 2. The molecular formula is C24H15Cl2F4N3O2. The highest BCUT2D eigenvalue weighted by Gasteiger charge is 2.40. The van der Waals surface area contributed by atoms with Gasteiger partial charge in [0.2, 0.25) is 6.17 Å². The summed E-state index contributed by atoms with van der Waals surface area (Å²) in [7, 11) is 0. The van der Waals surface area contributed by atoms with Crippen molar-refractivity contribution in [2.24, 2.45) is 4.99 Å². The van der Waals surface area contributed by atoms with Crippen LogP contribution in [0.25, 0.3) is 0 Å². The molecule has 0 aliphatic carbocycles. The Morgan fingerprint density at radius 2 is 1.63 bits per heavy atom. The maximum Gasteiger partial charge on any atom is 0.406 e. The van der Waals surface area contributed by atoms with E-state index in [-0.39, 0.29) is 38.1 Å². The van der Waals surface area contributed by atoms with Gasteiger partial charge in [-0.25, -0.2) is 9.38 Å². The van der Waals surface area contributed by atoms with Crippen LogP contribution in [0.2, 0.25) is 10.0 Å². The molecule has 11 heteroatoms. The number of benzodiazepines with no additional fused rings is 1. The van der Waals surface area contributed by atoms with Crippen LogP contribution in [-0.4, -0.2) is 36.4 Å². The van der Waals surface area contributed by atoms with Gasteiger partial charge in [-0.1, -0.05) is 53.5 Å². The lowest BCUT2D eigenvalue weighted by Gasteiger charge is -2.26. The van der Waals surface area contributed by atoms with Crippen LogP contribution in [-0.2, 0) is 4.79 Å². The van der Waals surface area contributed by atoms with Crippen molar-refractivity contribution < 1.29 is 27.2 Å². The molecule has 1 unspecified atom stereocenters. The SMILES string of the molecule is O=C(NC1N=C(c2ccccc2F)c2ccccc2N(CC(F)(F)F)C1=O)c1ccc(Cl)c(Cl)c1. The first-order valence-electron chi connectivity index (χ1n) is 10.1. The van der Waals surface area contributed by atoms with Gasteiger partial charge in [0, 0.05) is 16.7 Å². The molecule has 3 aromatic rings. The monoisotopic (exact) mass is 523 g/mol. The van der Waals surface area contributed by atoms with E-state index in [9.17, 15) is 27.2 Å². The number of nitrogens with one attached hydrogen (secondary N) is 1. The molecule has 0 spiro atoms. The van der Waals surface area contributed by atoms with Gasteiger partial charge in [-0.2, -0.15) is 13.2 Å². The number of para-hydroxylation sites is 1. The van der Waals surface area contributed by atoms with Crippen LogP contribution >= 0.6 is 23.2 Å². The van der Waals surface area contributed by atoms with Gasteiger partial charge in [0.25, 0.3) is 11.8 Å². The summed E-state index contributed by atoms with van der Waals surface area (Å²) in [6, 6.07) is 15.1. The van der Waals surface area contributed by atoms with Crippen molar-refractivity contribution >= 4 is 46.4 Å². The van der Waals surface area contributed by atoms with Crippen molar-refractivity contribution in [3.8, 4) is 0 Å². The molecule has 4 rings (SSSR count). The summed E-state index contributed by atoms with van der Waals surface area (Å²) in [5, 5.41) is 2.58. The fourth-order valence-corrected chi connectivity index (χ4v) is 3.88. The van der Waals surface area contributed by atoms with Crippen molar-refractivity contribution in [1.82, 2.24) is 5.32 Å². The smallest absolute Gasteiger partial charge is 0.322 e. The Morgan fingerprint density at radius 3 is 2.29 bits per heavy atom. The Bertz CT molecular complexity index is 1340. The van der Waals surface area contributed by atoms with E-state index in [4.69, 9.17) is 23.2 Å². The number of carbonyl (C=O) groups excluding carboxylic acids is 2. The summed E-state index contributed by atoms with van der Waals surface area (Å²) in [6.45, 7) is -1.64. The summed E-state index contributed by atoms with van der Waals surface area (Å²) in [4.78, 5) is 30.9. The molecule has 1 heterocycles. The number of benzene rings is 3. The number of amides is 2. The number of aliphatic imine (C=N–C) groups is 1. The van der Waals surface area contributed by atoms with E-state index in [0.717, 1.165) is 6.07 Å². The predicted molar refractivity (Wildman–Crippen MR) is 125 cm³/mol. The number of hydrogen-bond donors (Lipinski definition) is 1. The summed E-state index contributed by atoms with van der Waals surface area (Å²) in [6.07, 6.45) is -6.55. The van der Waals surface area contributed by atoms with Gasteiger partial charge in [0.1, 0.15) is 12.4 Å². The number of carbonyl (C=O) groups is 2. The number of hydrogen-bond acceptors (Lipinski definition) is 3. The minimum absolute atomic E-state index is 0.000950. The number of halogens is 6. The maximum atomic E-state index is 14.7. The van der Waals surface area contributed by atoms with E-state index in [1.54, 1.807) is 0 Å². The molecule has 180 valence electrons. The van der Waals surface area contributed by atoms with Gasteiger partial charge in [-0.05, 0) is 36.4 Å². The van der Waals surface area contributed by atoms with Crippen LogP contribution in [0.1, 0.15) is 21.5 Å². The van der Waals surface area contributed by atoms with Crippen LogP contribution in [0, 0.1) is 5.82 Å². The van der Waals surface area contributed by atoms with Crippen LogP contribution in [0.3, 0.4) is 0 Å². The molecule has 0 radical (unpaired) electrons. The molecule has 0 saturated carbocycles. The molecule has 1 atom stereocenters. The molecular weight excluding hydrogens is 509 g/mol. The van der Waals surface area contributed by atoms with Crippen LogP contribution in [0.5, 0.6) is 0 Å². The molecule has 1 N–H and O–H groups in total. The Hall–Kier alpha value is -3.43. The molecule has 0 bridgehead atoms. The molecule has 0 saturated heterocycles. The normalized spacial score (nSPS) is 15.8. The molecule has 3 aromatic carbocycles. The third-order valence-electron chi connectivity index (χ3n) is 5.12. The average molecular weight is 524 g/mol. The fourth-order valence-electron chi connectivity index (χ4n) is 3.58. The summed E-state index contributed by atoms with van der Waals surface area (Å²) in [5.74, 6) is -2.68. The number of alkyl halides is 3. The van der Waals surface area contributed by atoms with Gasteiger partial charge < -0.3 is 5.32 Å². The lowest BCUT2D eigenvalue weighted by atomic mass is 9.99. The van der Waals surface area contributed by atoms with Gasteiger partial charge >= 0.3 is 6.18 Å². The van der Waals surface area contributed by atoms with Crippen molar-refractivity contribution in [3.63, 3.8) is 0 Å². The van der Waals surface area contributed by atoms with Crippen molar-refractivity contribution in [2.45, 2.75) is 12.3 Å². The van der Waals surface area contributed by atoms with Crippen molar-refractivity contribution in [2.75, 3.05) is 11.4 Å². The van der Waals surface area contributed by atoms with Crippen LogP contribution in [0.4, 0.5) is 23.2 Å². The standard InChI is InChI=1S/C24H15Cl2F4N3O2/c25-16-10-9-13(11-17(16)26)22(34)32-21-23(35)33(12-24(28,29)30)19-8-4-2-6-15(19)20(31-21)14-5-1-3-7-18(14)27/h1-11,21H,12H2,(H,32,34). The molecule has 0 aromatic heterocycles. The van der Waals surface area contributed by atoms with Crippen LogP contribution in [0.15, 0.2) is 71.7 Å². The summed E-state index contributed by atoms with van der Waals surface area (Å²) in [5.41, 5.74) is -0.157. The second kappa shape index (κ2) is 9.67. The van der Waals surface area contributed by atoms with E-state index in [1.165, 1.54) is 60.7 Å². The zero-order chi connectivity index (χ0) is 25.3. The lowest BCUT2D eigenvalue weighted by molar-refractivity contribution is -0.133. The first-order chi connectivity index (χ1) is 16.5. The summed E-state index contributed by atoms with van der Waals surface area (Å²) >= 11 is 11.8. The predicted octanol–water partition coefficient (Wildman–Crippen LogP) is 5.63. The van der Waals surface area contributed by atoms with Crippen LogP contribution < -0.4 is 10.2 Å². The molecule has 2 amide bonds. The van der Waals surface area contributed by atoms with E-state index >= 15 is 0 Å². The third-order valence-corrected chi connectivity index (χ3v) is 5.86. The van der Waals surface area contributed by atoms with E-state index in [2.05, 4.69) is 10.3 Å². The molecule has 1 aliphatic heterocycles. The van der Waals surface area contributed by atoms with E-state index < -0.39 is 36.5 Å². The number of anilines is 1. The highest BCUT2D eigenvalue weighted by atomic mass is 35.5. The van der Waals surface area contributed by atoms with Gasteiger partial charge in [0.15, 0.2) is 0 Å². The molecule has 0 fully saturated rings. The second-order valence-corrected chi connectivity index (χ2v) is 8.33. The topological polar surface area (TPSA) is 61.8 Å². The first kappa shape index (κ1) is 24.7. The second-order valence-electron chi connectivity index (χ2n) is 7.52.